The van der Waals surface area contributed by atoms with Crippen LogP contribution in [0.25, 0.3) is 0 Å². The zero-order chi connectivity index (χ0) is 13.4. The second kappa shape index (κ2) is 8.92. The predicted octanol–water partition coefficient (Wildman–Crippen LogP) is 3.85. The van der Waals surface area contributed by atoms with Crippen molar-refractivity contribution in [3.63, 3.8) is 0 Å². The molecule has 2 heteroatoms. The predicted molar refractivity (Wildman–Crippen MR) is 78.9 cm³/mol. The van der Waals surface area contributed by atoms with Crippen LogP contribution >= 0.6 is 0 Å². The Morgan fingerprint density at radius 2 is 1.89 bits per heavy atom. The van der Waals surface area contributed by atoms with Crippen LogP contribution in [0.2, 0.25) is 0 Å². The molecule has 108 valence electrons. The number of hydrogen-bond donors (Lipinski definition) is 1. The fourth-order valence-corrected chi connectivity index (χ4v) is 2.84. The third kappa shape index (κ3) is 7.38. The van der Waals surface area contributed by atoms with E-state index < -0.39 is 0 Å². The first-order chi connectivity index (χ1) is 8.58. The van der Waals surface area contributed by atoms with Gasteiger partial charge >= 0.3 is 0 Å². The van der Waals surface area contributed by atoms with E-state index in [2.05, 4.69) is 33.0 Å². The molecule has 2 unspecified atom stereocenters. The van der Waals surface area contributed by atoms with Crippen molar-refractivity contribution in [3.8, 4) is 0 Å². The lowest BCUT2D eigenvalue weighted by Gasteiger charge is -2.21. The van der Waals surface area contributed by atoms with Crippen molar-refractivity contribution in [3.05, 3.63) is 0 Å². The summed E-state index contributed by atoms with van der Waals surface area (Å²) in [5.74, 6) is 2.39. The van der Waals surface area contributed by atoms with Crippen molar-refractivity contribution in [2.45, 2.75) is 65.9 Å². The molecule has 1 aliphatic rings. The highest BCUT2D eigenvalue weighted by molar-refractivity contribution is 4.71. The Hall–Kier alpha value is -0.0800. The van der Waals surface area contributed by atoms with Crippen molar-refractivity contribution in [2.24, 2.45) is 17.8 Å². The van der Waals surface area contributed by atoms with E-state index in [1.165, 1.54) is 38.6 Å². The molecule has 0 saturated carbocycles. The van der Waals surface area contributed by atoms with Gasteiger partial charge in [0, 0.05) is 6.61 Å². The van der Waals surface area contributed by atoms with Gasteiger partial charge in [0.15, 0.2) is 0 Å². The van der Waals surface area contributed by atoms with Gasteiger partial charge < -0.3 is 10.1 Å². The third-order valence-electron chi connectivity index (χ3n) is 3.71. The van der Waals surface area contributed by atoms with E-state index in [-0.39, 0.29) is 0 Å². The van der Waals surface area contributed by atoms with Crippen LogP contribution in [-0.2, 0) is 4.74 Å². The summed E-state index contributed by atoms with van der Waals surface area (Å²) in [6, 6.07) is 0. The van der Waals surface area contributed by atoms with E-state index in [1.54, 1.807) is 0 Å². The van der Waals surface area contributed by atoms with Crippen molar-refractivity contribution >= 4 is 0 Å². The lowest BCUT2D eigenvalue weighted by Crippen LogP contribution is -2.28. The minimum Gasteiger partial charge on any atom is -0.378 e. The molecule has 1 aliphatic heterocycles. The zero-order valence-corrected chi connectivity index (χ0v) is 12.9. The Balaban J connectivity index is 2.20. The topological polar surface area (TPSA) is 21.3 Å². The fourth-order valence-electron chi connectivity index (χ4n) is 2.84. The summed E-state index contributed by atoms with van der Waals surface area (Å²) in [6.45, 7) is 12.5. The summed E-state index contributed by atoms with van der Waals surface area (Å²) < 4.78 is 5.73. The largest absolute Gasteiger partial charge is 0.378 e. The van der Waals surface area contributed by atoms with E-state index in [4.69, 9.17) is 4.74 Å². The average molecular weight is 255 g/mol. The Bertz CT molecular complexity index is 197. The number of rotatable bonds is 9. The molecule has 0 bridgehead atoms. The van der Waals surface area contributed by atoms with E-state index in [0.29, 0.717) is 6.10 Å². The van der Waals surface area contributed by atoms with Crippen LogP contribution in [-0.4, -0.2) is 25.8 Å². The highest BCUT2D eigenvalue weighted by atomic mass is 16.5. The van der Waals surface area contributed by atoms with Gasteiger partial charge in [0.2, 0.25) is 0 Å². The van der Waals surface area contributed by atoms with Gasteiger partial charge in [-0.05, 0) is 62.9 Å². The Labute approximate surface area is 114 Å². The summed E-state index contributed by atoms with van der Waals surface area (Å²) in [7, 11) is 0. The first-order valence-electron chi connectivity index (χ1n) is 7.90. The molecule has 2 atom stereocenters. The molecule has 1 fully saturated rings. The van der Waals surface area contributed by atoms with Crippen LogP contribution in [0.1, 0.15) is 59.8 Å². The number of nitrogens with one attached hydrogen (secondary N) is 1. The van der Waals surface area contributed by atoms with Gasteiger partial charge in [-0.1, -0.05) is 27.7 Å². The van der Waals surface area contributed by atoms with Crippen molar-refractivity contribution in [2.75, 3.05) is 19.7 Å². The van der Waals surface area contributed by atoms with Crippen molar-refractivity contribution in [1.29, 1.82) is 0 Å². The number of ether oxygens (including phenoxy) is 1. The lowest BCUT2D eigenvalue weighted by molar-refractivity contribution is 0.0967. The van der Waals surface area contributed by atoms with Crippen LogP contribution in [0.4, 0.5) is 0 Å². The van der Waals surface area contributed by atoms with Gasteiger partial charge in [-0.2, -0.15) is 0 Å². The summed E-state index contributed by atoms with van der Waals surface area (Å²) in [6.07, 6.45) is 7.05. The molecular weight excluding hydrogens is 222 g/mol. The lowest BCUT2D eigenvalue weighted by atomic mass is 9.91. The SMILES string of the molecule is CC(C)CNCC(CCC1CCCO1)CC(C)C. The van der Waals surface area contributed by atoms with Gasteiger partial charge in [0.1, 0.15) is 0 Å². The zero-order valence-electron chi connectivity index (χ0n) is 12.9. The van der Waals surface area contributed by atoms with Crippen LogP contribution in [0.3, 0.4) is 0 Å². The van der Waals surface area contributed by atoms with Gasteiger partial charge in [-0.25, -0.2) is 0 Å². The minimum absolute atomic E-state index is 0.560. The molecule has 0 amide bonds. The Morgan fingerprint density at radius 1 is 1.11 bits per heavy atom. The molecular formula is C16H33NO. The molecule has 0 aromatic rings. The monoisotopic (exact) mass is 255 g/mol. The van der Waals surface area contributed by atoms with Crippen LogP contribution in [0.15, 0.2) is 0 Å². The fraction of sp³-hybridized carbons (Fsp3) is 1.00. The molecule has 1 N–H and O–H groups in total. The van der Waals surface area contributed by atoms with E-state index in [0.717, 1.165) is 30.9 Å². The maximum absolute atomic E-state index is 5.73. The smallest absolute Gasteiger partial charge is 0.0576 e. The minimum atomic E-state index is 0.560. The van der Waals surface area contributed by atoms with Gasteiger partial charge in [0.25, 0.3) is 0 Å². The Morgan fingerprint density at radius 3 is 2.44 bits per heavy atom. The molecule has 1 rings (SSSR count). The maximum atomic E-state index is 5.73. The first kappa shape index (κ1) is 16.0. The first-order valence-corrected chi connectivity index (χ1v) is 7.90. The van der Waals surface area contributed by atoms with E-state index >= 15 is 0 Å². The molecule has 0 radical (unpaired) electrons. The normalized spacial score (nSPS) is 22.0. The highest BCUT2D eigenvalue weighted by Gasteiger charge is 2.18. The second-order valence-electron chi connectivity index (χ2n) is 6.76. The highest BCUT2D eigenvalue weighted by Crippen LogP contribution is 2.22. The van der Waals surface area contributed by atoms with Crippen molar-refractivity contribution < 1.29 is 4.74 Å². The molecule has 18 heavy (non-hydrogen) atoms. The summed E-state index contributed by atoms with van der Waals surface area (Å²) in [5.41, 5.74) is 0. The summed E-state index contributed by atoms with van der Waals surface area (Å²) in [5, 5.41) is 3.62. The van der Waals surface area contributed by atoms with Crippen LogP contribution < -0.4 is 5.32 Å². The molecule has 2 nitrogen and oxygen atoms in total. The van der Waals surface area contributed by atoms with Gasteiger partial charge in [-0.3, -0.25) is 0 Å². The molecule has 0 aliphatic carbocycles. The third-order valence-corrected chi connectivity index (χ3v) is 3.71. The molecule has 1 saturated heterocycles. The second-order valence-corrected chi connectivity index (χ2v) is 6.76. The number of hydrogen-bond acceptors (Lipinski definition) is 2. The quantitative estimate of drug-likeness (QED) is 0.675. The average Bonchev–Trinajstić information content (AvgIpc) is 2.77. The standard InChI is InChI=1S/C16H33NO/c1-13(2)10-15(12-17-11-14(3)4)7-8-16-6-5-9-18-16/h13-17H,5-12H2,1-4H3. The van der Waals surface area contributed by atoms with Crippen LogP contribution in [0, 0.1) is 17.8 Å². The van der Waals surface area contributed by atoms with E-state index in [9.17, 15) is 0 Å². The molecule has 1 heterocycles. The maximum Gasteiger partial charge on any atom is 0.0576 e. The Kier molecular flexibility index (Phi) is 7.92. The summed E-state index contributed by atoms with van der Waals surface area (Å²) >= 11 is 0. The summed E-state index contributed by atoms with van der Waals surface area (Å²) in [4.78, 5) is 0. The van der Waals surface area contributed by atoms with Crippen molar-refractivity contribution in [1.82, 2.24) is 5.32 Å². The molecule has 0 aromatic carbocycles. The van der Waals surface area contributed by atoms with Gasteiger partial charge in [0.05, 0.1) is 6.10 Å². The van der Waals surface area contributed by atoms with E-state index in [1.807, 2.05) is 0 Å². The van der Waals surface area contributed by atoms with Gasteiger partial charge in [-0.15, -0.1) is 0 Å². The molecule has 0 aromatic heterocycles. The van der Waals surface area contributed by atoms with Crippen LogP contribution in [0.5, 0.6) is 0 Å². The molecule has 0 spiro atoms.